The van der Waals surface area contributed by atoms with E-state index in [2.05, 4.69) is 33.8 Å². The number of nitrogens with one attached hydrogen (secondary N) is 2. The highest BCUT2D eigenvalue weighted by atomic mass is 35.5. The molecule has 6 nitrogen and oxygen atoms in total. The van der Waals surface area contributed by atoms with Crippen LogP contribution in [0.2, 0.25) is 0 Å². The standard InChI is InChI=1S/C19H14ClF3N4O2/c1-9-11-5-3-4-6-12(11)28-7-8-29-18-26-15-10(2)24-16(20)14(19(21,22)23)13(15)17(25-9)27-18/h3-6,24H,1-2,7-8H2,(H,25,26,27). The molecule has 2 aliphatic heterocycles. The van der Waals surface area contributed by atoms with Gasteiger partial charge in [-0.05, 0) is 12.1 Å². The van der Waals surface area contributed by atoms with Crippen LogP contribution in [0.4, 0.5) is 19.0 Å². The SMILES string of the molecule is C=C1Nc2nc(nc3c2C(C(F)(F)F)=C(Cl)NC3=C)OCCOc2ccccc21. The summed E-state index contributed by atoms with van der Waals surface area (Å²) in [6.07, 6.45) is -4.77. The van der Waals surface area contributed by atoms with Crippen molar-refractivity contribution in [2.24, 2.45) is 0 Å². The number of hydrogen-bond donors (Lipinski definition) is 2. The van der Waals surface area contributed by atoms with Gasteiger partial charge in [-0.15, -0.1) is 0 Å². The second-order valence-electron chi connectivity index (χ2n) is 6.17. The summed E-state index contributed by atoms with van der Waals surface area (Å²) in [5.74, 6) is 0.348. The molecule has 0 atom stereocenters. The molecular weight excluding hydrogens is 409 g/mol. The Morgan fingerprint density at radius 1 is 1.00 bits per heavy atom. The van der Waals surface area contributed by atoms with Crippen LogP contribution in [0.15, 0.2) is 42.6 Å². The Bertz CT molecular complexity index is 1070. The summed E-state index contributed by atoms with van der Waals surface area (Å²) in [6, 6.07) is 6.85. The van der Waals surface area contributed by atoms with Crippen molar-refractivity contribution in [2.75, 3.05) is 18.5 Å². The van der Waals surface area contributed by atoms with Gasteiger partial charge in [0.05, 0.1) is 11.3 Å². The second-order valence-corrected chi connectivity index (χ2v) is 6.54. The number of rotatable bonds is 0. The fraction of sp³-hybridized carbons (Fsp3) is 0.158. The molecule has 2 aliphatic rings. The van der Waals surface area contributed by atoms with Crippen molar-refractivity contribution in [3.63, 3.8) is 0 Å². The van der Waals surface area contributed by atoms with Gasteiger partial charge in [-0.3, -0.25) is 0 Å². The molecule has 2 aromatic rings. The number of alkyl halides is 3. The van der Waals surface area contributed by atoms with Crippen molar-refractivity contribution in [1.82, 2.24) is 15.3 Å². The largest absolute Gasteiger partial charge is 0.489 e. The quantitative estimate of drug-likeness (QED) is 0.614. The number of para-hydroxylation sites is 1. The van der Waals surface area contributed by atoms with Crippen molar-refractivity contribution in [3.05, 3.63) is 59.4 Å². The maximum absolute atomic E-state index is 13.8. The van der Waals surface area contributed by atoms with Crippen molar-refractivity contribution in [1.29, 1.82) is 0 Å². The first-order valence-electron chi connectivity index (χ1n) is 8.42. The first kappa shape index (κ1) is 19.1. The van der Waals surface area contributed by atoms with E-state index in [1.807, 2.05) is 0 Å². The molecule has 2 N–H and O–H groups in total. The zero-order chi connectivity index (χ0) is 20.8. The first-order valence-corrected chi connectivity index (χ1v) is 8.80. The van der Waals surface area contributed by atoms with Gasteiger partial charge in [0.2, 0.25) is 0 Å². The van der Waals surface area contributed by atoms with E-state index >= 15 is 0 Å². The van der Waals surface area contributed by atoms with Gasteiger partial charge in [0.1, 0.15) is 41.2 Å². The van der Waals surface area contributed by atoms with Gasteiger partial charge in [-0.1, -0.05) is 36.9 Å². The van der Waals surface area contributed by atoms with Crippen LogP contribution in [-0.4, -0.2) is 29.4 Å². The normalized spacial score (nSPS) is 16.4. The highest BCUT2D eigenvalue weighted by molar-refractivity contribution is 6.34. The number of aromatic nitrogens is 2. The number of hydrogen-bond acceptors (Lipinski definition) is 6. The first-order chi connectivity index (χ1) is 13.8. The summed E-state index contributed by atoms with van der Waals surface area (Å²) in [7, 11) is 0. The maximum atomic E-state index is 13.8. The Morgan fingerprint density at radius 3 is 2.48 bits per heavy atom. The van der Waals surface area contributed by atoms with Crippen LogP contribution < -0.4 is 20.1 Å². The molecule has 150 valence electrons. The molecule has 4 rings (SSSR count). The van der Waals surface area contributed by atoms with E-state index in [0.29, 0.717) is 11.3 Å². The topological polar surface area (TPSA) is 68.3 Å². The van der Waals surface area contributed by atoms with Crippen LogP contribution in [0.1, 0.15) is 16.8 Å². The Morgan fingerprint density at radius 2 is 1.72 bits per heavy atom. The highest BCUT2D eigenvalue weighted by Crippen LogP contribution is 2.46. The predicted molar refractivity (Wildman–Crippen MR) is 103 cm³/mol. The number of halogens is 4. The van der Waals surface area contributed by atoms with E-state index < -0.39 is 16.9 Å². The molecule has 0 spiro atoms. The van der Waals surface area contributed by atoms with Gasteiger partial charge >= 0.3 is 12.2 Å². The molecule has 0 amide bonds. The highest BCUT2D eigenvalue weighted by Gasteiger charge is 2.44. The second kappa shape index (κ2) is 7.00. The van der Waals surface area contributed by atoms with E-state index in [4.69, 9.17) is 21.1 Å². The molecule has 0 radical (unpaired) electrons. The molecular formula is C19H14ClF3N4O2. The van der Waals surface area contributed by atoms with Gasteiger partial charge in [0.15, 0.2) is 0 Å². The van der Waals surface area contributed by atoms with Gasteiger partial charge in [0.25, 0.3) is 0 Å². The van der Waals surface area contributed by atoms with Crippen molar-refractivity contribution in [2.45, 2.75) is 6.18 Å². The zero-order valence-corrected chi connectivity index (χ0v) is 15.6. The number of benzene rings is 1. The lowest BCUT2D eigenvalue weighted by Gasteiger charge is -2.26. The molecule has 0 unspecified atom stereocenters. The lowest BCUT2D eigenvalue weighted by Crippen LogP contribution is -2.26. The van der Waals surface area contributed by atoms with E-state index in [0.717, 1.165) is 0 Å². The fourth-order valence-corrected chi connectivity index (χ4v) is 3.33. The number of ether oxygens (including phenoxy) is 2. The third-order valence-electron chi connectivity index (χ3n) is 4.24. The van der Waals surface area contributed by atoms with E-state index in [1.165, 1.54) is 0 Å². The minimum absolute atomic E-state index is 0.0736. The molecule has 29 heavy (non-hydrogen) atoms. The molecule has 1 aromatic carbocycles. The van der Waals surface area contributed by atoms with Crippen molar-refractivity contribution in [3.8, 4) is 11.8 Å². The smallest absolute Gasteiger partial charge is 0.420 e. The molecule has 0 aliphatic carbocycles. The lowest BCUT2D eigenvalue weighted by atomic mass is 9.99. The Balaban J connectivity index is 1.93. The third-order valence-corrected chi connectivity index (χ3v) is 4.52. The third kappa shape index (κ3) is 3.49. The Kier molecular flexibility index (Phi) is 4.62. The minimum atomic E-state index is -4.77. The van der Waals surface area contributed by atoms with Crippen molar-refractivity contribution >= 4 is 34.4 Å². The monoisotopic (exact) mass is 422 g/mol. The number of allylic oxidation sites excluding steroid dienone is 1. The molecule has 0 fully saturated rings. The van der Waals surface area contributed by atoms with Crippen molar-refractivity contribution < 1.29 is 22.6 Å². The van der Waals surface area contributed by atoms with Gasteiger partial charge in [0, 0.05) is 11.3 Å². The maximum Gasteiger partial charge on any atom is 0.420 e. The average molecular weight is 423 g/mol. The molecule has 10 heteroatoms. The number of nitrogens with zero attached hydrogens (tertiary/aromatic N) is 2. The van der Waals surface area contributed by atoms with Crippen LogP contribution in [0.3, 0.4) is 0 Å². The molecule has 0 saturated heterocycles. The molecule has 3 heterocycles. The van der Waals surface area contributed by atoms with E-state index in [9.17, 15) is 13.2 Å². The van der Waals surface area contributed by atoms with Crippen LogP contribution >= 0.6 is 11.6 Å². The van der Waals surface area contributed by atoms with E-state index in [1.54, 1.807) is 24.3 Å². The lowest BCUT2D eigenvalue weighted by molar-refractivity contribution is -0.0694. The van der Waals surface area contributed by atoms with Gasteiger partial charge < -0.3 is 20.1 Å². The van der Waals surface area contributed by atoms with Crippen LogP contribution in [0.5, 0.6) is 11.8 Å². The fourth-order valence-electron chi connectivity index (χ4n) is 3.02. The van der Waals surface area contributed by atoms with Crippen LogP contribution in [-0.2, 0) is 0 Å². The Hall–Kier alpha value is -3.20. The van der Waals surface area contributed by atoms with Crippen LogP contribution in [0.25, 0.3) is 17.0 Å². The predicted octanol–water partition coefficient (Wildman–Crippen LogP) is 4.37. The number of anilines is 1. The summed E-state index contributed by atoms with van der Waals surface area (Å²) < 4.78 is 52.5. The summed E-state index contributed by atoms with van der Waals surface area (Å²) in [5, 5.41) is 4.63. The number of fused-ring (bicyclic) bond motifs is 5. The van der Waals surface area contributed by atoms with Gasteiger partial charge in [-0.25, -0.2) is 0 Å². The Labute approximate surface area is 168 Å². The average Bonchev–Trinajstić information content (AvgIpc) is 2.66. The summed E-state index contributed by atoms with van der Waals surface area (Å²) in [6.45, 7) is 7.91. The van der Waals surface area contributed by atoms with Gasteiger partial charge in [-0.2, -0.15) is 23.1 Å². The zero-order valence-electron chi connectivity index (χ0n) is 14.9. The minimum Gasteiger partial charge on any atom is -0.489 e. The van der Waals surface area contributed by atoms with E-state index in [-0.39, 0.29) is 47.7 Å². The molecule has 2 bridgehead atoms. The summed E-state index contributed by atoms with van der Waals surface area (Å²) in [4.78, 5) is 8.21. The summed E-state index contributed by atoms with van der Waals surface area (Å²) >= 11 is 5.88. The molecule has 0 saturated carbocycles. The van der Waals surface area contributed by atoms with Crippen LogP contribution in [0, 0.1) is 0 Å². The summed E-state index contributed by atoms with van der Waals surface area (Å²) in [5.41, 5.74) is -0.572. The molecule has 1 aromatic heterocycles.